The molecule has 3 heteroatoms. The van der Waals surface area contributed by atoms with Crippen molar-refractivity contribution in [1.82, 2.24) is 4.90 Å². The first kappa shape index (κ1) is 13.1. The Hall–Kier alpha value is -0.860. The fraction of sp³-hybridized carbons (Fsp3) is 0.818. The van der Waals surface area contributed by atoms with Crippen LogP contribution in [0.1, 0.15) is 47.5 Å². The molecule has 2 amide bonds. The van der Waals surface area contributed by atoms with Gasteiger partial charge in [-0.15, -0.1) is 0 Å². The summed E-state index contributed by atoms with van der Waals surface area (Å²) in [5.74, 6) is 0.0975. The standard InChI is InChI=1S/C11H21NO2/c1-6-9(4)12(10(5)13)11(14)7-8(2)3/h8-9H,6-7H2,1-5H3. The van der Waals surface area contributed by atoms with E-state index in [1.54, 1.807) is 0 Å². The predicted octanol–water partition coefficient (Wildman–Crippen LogP) is 2.21. The topological polar surface area (TPSA) is 37.4 Å². The van der Waals surface area contributed by atoms with E-state index in [1.807, 2.05) is 27.7 Å². The van der Waals surface area contributed by atoms with Crippen molar-refractivity contribution in [1.29, 1.82) is 0 Å². The minimum absolute atomic E-state index is 0.0127. The largest absolute Gasteiger partial charge is 0.280 e. The highest BCUT2D eigenvalue weighted by Gasteiger charge is 2.22. The van der Waals surface area contributed by atoms with Crippen LogP contribution in [-0.2, 0) is 9.59 Å². The zero-order valence-corrected chi connectivity index (χ0v) is 9.83. The quantitative estimate of drug-likeness (QED) is 0.696. The molecule has 0 aromatic rings. The monoisotopic (exact) mass is 199 g/mol. The van der Waals surface area contributed by atoms with Crippen LogP contribution in [0, 0.1) is 5.92 Å². The Kier molecular flexibility index (Phi) is 5.43. The van der Waals surface area contributed by atoms with Crippen molar-refractivity contribution in [2.45, 2.75) is 53.5 Å². The summed E-state index contributed by atoms with van der Waals surface area (Å²) >= 11 is 0. The average Bonchev–Trinajstić information content (AvgIpc) is 2.01. The molecule has 14 heavy (non-hydrogen) atoms. The number of imide groups is 1. The van der Waals surface area contributed by atoms with Crippen LogP contribution in [0.3, 0.4) is 0 Å². The van der Waals surface area contributed by atoms with E-state index in [0.717, 1.165) is 6.42 Å². The van der Waals surface area contributed by atoms with Gasteiger partial charge in [0.25, 0.3) is 0 Å². The number of nitrogens with zero attached hydrogens (tertiary/aromatic N) is 1. The van der Waals surface area contributed by atoms with Gasteiger partial charge in [-0.3, -0.25) is 14.5 Å². The zero-order valence-electron chi connectivity index (χ0n) is 9.83. The van der Waals surface area contributed by atoms with Gasteiger partial charge in [0.2, 0.25) is 11.8 Å². The second kappa shape index (κ2) is 5.78. The molecule has 0 aliphatic carbocycles. The second-order valence-corrected chi connectivity index (χ2v) is 4.14. The maximum atomic E-state index is 11.7. The first-order valence-corrected chi connectivity index (χ1v) is 5.22. The van der Waals surface area contributed by atoms with Gasteiger partial charge in [-0.1, -0.05) is 20.8 Å². The summed E-state index contributed by atoms with van der Waals surface area (Å²) in [6.45, 7) is 9.28. The van der Waals surface area contributed by atoms with Gasteiger partial charge in [-0.2, -0.15) is 0 Å². The summed E-state index contributed by atoms with van der Waals surface area (Å²) in [7, 11) is 0. The number of rotatable bonds is 4. The van der Waals surface area contributed by atoms with Gasteiger partial charge in [0.05, 0.1) is 0 Å². The normalized spacial score (nSPS) is 12.7. The molecule has 1 atom stereocenters. The molecule has 3 nitrogen and oxygen atoms in total. The van der Waals surface area contributed by atoms with E-state index < -0.39 is 0 Å². The molecule has 82 valence electrons. The van der Waals surface area contributed by atoms with Crippen molar-refractivity contribution in [3.63, 3.8) is 0 Å². The van der Waals surface area contributed by atoms with Gasteiger partial charge >= 0.3 is 0 Å². The fourth-order valence-corrected chi connectivity index (χ4v) is 1.36. The number of hydrogen-bond donors (Lipinski definition) is 0. The molecule has 0 rings (SSSR count). The average molecular weight is 199 g/mol. The highest BCUT2D eigenvalue weighted by atomic mass is 16.2. The van der Waals surface area contributed by atoms with Crippen molar-refractivity contribution < 1.29 is 9.59 Å². The van der Waals surface area contributed by atoms with Gasteiger partial charge in [-0.05, 0) is 19.3 Å². The minimum atomic E-state index is -0.148. The van der Waals surface area contributed by atoms with E-state index in [-0.39, 0.29) is 17.9 Å². The lowest BCUT2D eigenvalue weighted by molar-refractivity contribution is -0.146. The first-order chi connectivity index (χ1) is 6.40. The summed E-state index contributed by atoms with van der Waals surface area (Å²) in [6.07, 6.45) is 1.26. The maximum absolute atomic E-state index is 11.7. The number of carbonyl (C=O) groups excluding carboxylic acids is 2. The molecule has 0 radical (unpaired) electrons. The lowest BCUT2D eigenvalue weighted by Gasteiger charge is -2.26. The molecular weight excluding hydrogens is 178 g/mol. The van der Waals surface area contributed by atoms with Crippen LogP contribution < -0.4 is 0 Å². The van der Waals surface area contributed by atoms with Crippen LogP contribution in [0.2, 0.25) is 0 Å². The Bertz CT molecular complexity index is 211. The molecule has 0 aromatic heterocycles. The van der Waals surface area contributed by atoms with Crippen molar-refractivity contribution >= 4 is 11.8 Å². The molecular formula is C11H21NO2. The van der Waals surface area contributed by atoms with E-state index >= 15 is 0 Å². The molecule has 0 bridgehead atoms. The van der Waals surface area contributed by atoms with Crippen molar-refractivity contribution in [3.05, 3.63) is 0 Å². The predicted molar refractivity (Wildman–Crippen MR) is 56.7 cm³/mol. The molecule has 0 fully saturated rings. The molecule has 0 saturated carbocycles. The first-order valence-electron chi connectivity index (χ1n) is 5.22. The Morgan fingerprint density at radius 1 is 1.21 bits per heavy atom. The van der Waals surface area contributed by atoms with Gasteiger partial charge in [0, 0.05) is 19.4 Å². The van der Waals surface area contributed by atoms with Crippen molar-refractivity contribution in [2.75, 3.05) is 0 Å². The SMILES string of the molecule is CCC(C)N(C(C)=O)C(=O)CC(C)C. The van der Waals surface area contributed by atoms with Gasteiger partial charge in [0.15, 0.2) is 0 Å². The van der Waals surface area contributed by atoms with Gasteiger partial charge < -0.3 is 0 Å². The number of hydrogen-bond acceptors (Lipinski definition) is 2. The Balaban J connectivity index is 4.49. The molecule has 1 unspecified atom stereocenters. The smallest absolute Gasteiger partial charge is 0.229 e. The van der Waals surface area contributed by atoms with E-state index in [1.165, 1.54) is 11.8 Å². The van der Waals surface area contributed by atoms with Crippen LogP contribution in [0.4, 0.5) is 0 Å². The molecule has 0 aliphatic heterocycles. The summed E-state index contributed by atoms with van der Waals surface area (Å²) in [5, 5.41) is 0. The maximum Gasteiger partial charge on any atom is 0.229 e. The van der Waals surface area contributed by atoms with E-state index in [9.17, 15) is 9.59 Å². The molecule has 0 N–H and O–H groups in total. The van der Waals surface area contributed by atoms with Crippen LogP contribution >= 0.6 is 0 Å². The number of amides is 2. The minimum Gasteiger partial charge on any atom is -0.280 e. The lowest BCUT2D eigenvalue weighted by Crippen LogP contribution is -2.42. The molecule has 0 aromatic carbocycles. The second-order valence-electron chi connectivity index (χ2n) is 4.14. The lowest BCUT2D eigenvalue weighted by atomic mass is 10.1. The number of carbonyl (C=O) groups is 2. The van der Waals surface area contributed by atoms with Gasteiger partial charge in [0.1, 0.15) is 0 Å². The third-order valence-corrected chi connectivity index (χ3v) is 2.22. The molecule has 0 saturated heterocycles. The molecule has 0 heterocycles. The highest BCUT2D eigenvalue weighted by Crippen LogP contribution is 2.10. The van der Waals surface area contributed by atoms with E-state index in [4.69, 9.17) is 0 Å². The van der Waals surface area contributed by atoms with Crippen molar-refractivity contribution in [2.24, 2.45) is 5.92 Å². The summed E-state index contributed by atoms with van der Waals surface area (Å²) in [6, 6.07) is 0.0127. The third-order valence-electron chi connectivity index (χ3n) is 2.22. The fourth-order valence-electron chi connectivity index (χ4n) is 1.36. The zero-order chi connectivity index (χ0) is 11.3. The van der Waals surface area contributed by atoms with E-state index in [0.29, 0.717) is 12.3 Å². The highest BCUT2D eigenvalue weighted by molar-refractivity contribution is 5.94. The Labute approximate surface area is 86.5 Å². The third kappa shape index (κ3) is 3.90. The summed E-state index contributed by atoms with van der Waals surface area (Å²) in [4.78, 5) is 24.3. The van der Waals surface area contributed by atoms with Crippen LogP contribution in [0.25, 0.3) is 0 Å². The molecule has 0 spiro atoms. The Morgan fingerprint density at radius 2 is 1.71 bits per heavy atom. The molecule has 0 aliphatic rings. The van der Waals surface area contributed by atoms with Gasteiger partial charge in [-0.25, -0.2) is 0 Å². The summed E-state index contributed by atoms with van der Waals surface area (Å²) in [5.41, 5.74) is 0. The van der Waals surface area contributed by atoms with Crippen LogP contribution in [0.15, 0.2) is 0 Å². The van der Waals surface area contributed by atoms with E-state index in [2.05, 4.69) is 0 Å². The Morgan fingerprint density at radius 3 is 2.00 bits per heavy atom. The van der Waals surface area contributed by atoms with Crippen LogP contribution in [-0.4, -0.2) is 22.8 Å². The van der Waals surface area contributed by atoms with Crippen LogP contribution in [0.5, 0.6) is 0 Å². The summed E-state index contributed by atoms with van der Waals surface area (Å²) < 4.78 is 0. The van der Waals surface area contributed by atoms with Crippen molar-refractivity contribution in [3.8, 4) is 0 Å².